The highest BCUT2D eigenvalue weighted by atomic mass is 35.5. The first-order chi connectivity index (χ1) is 7.83. The molecule has 2 heterocycles. The van der Waals surface area contributed by atoms with Crippen molar-refractivity contribution in [2.45, 2.75) is 25.8 Å². The number of hydrogen-bond acceptors (Lipinski definition) is 2. The number of rotatable bonds is 1. The molecule has 0 aliphatic carbocycles. The zero-order valence-corrected chi connectivity index (χ0v) is 9.61. The van der Waals surface area contributed by atoms with Gasteiger partial charge in [-0.05, 0) is 25.0 Å². The van der Waals surface area contributed by atoms with Gasteiger partial charge in [-0.1, -0.05) is 23.7 Å². The first-order valence-corrected chi connectivity index (χ1v) is 5.90. The Kier molecular flexibility index (Phi) is 2.40. The third-order valence-electron chi connectivity index (χ3n) is 2.85. The van der Waals surface area contributed by atoms with Gasteiger partial charge in [-0.3, -0.25) is 0 Å². The third kappa shape index (κ3) is 1.71. The molecule has 0 amide bonds. The van der Waals surface area contributed by atoms with Crippen LogP contribution in [0, 0.1) is 0 Å². The minimum absolute atomic E-state index is 0.727. The molecule has 82 valence electrons. The average Bonchev–Trinajstić information content (AvgIpc) is 2.72. The van der Waals surface area contributed by atoms with Gasteiger partial charge in [0, 0.05) is 23.6 Å². The molecule has 3 rings (SSSR count). The van der Waals surface area contributed by atoms with Crippen molar-refractivity contribution in [3.05, 3.63) is 35.1 Å². The lowest BCUT2D eigenvalue weighted by Crippen LogP contribution is -2.11. The highest BCUT2D eigenvalue weighted by molar-refractivity contribution is 6.30. The van der Waals surface area contributed by atoms with E-state index in [0.29, 0.717) is 0 Å². The van der Waals surface area contributed by atoms with Gasteiger partial charge >= 0.3 is 0 Å². The van der Waals surface area contributed by atoms with Crippen molar-refractivity contribution in [2.75, 3.05) is 0 Å². The minimum Gasteiger partial charge on any atom is -0.249 e. The number of benzene rings is 1. The standard InChI is InChI=1S/C12H12ClN3/c13-10-5-3-4-9(8-10)12-14-11-6-1-2-7-16(11)15-12/h3-5,8H,1-2,6-7H2. The highest BCUT2D eigenvalue weighted by Crippen LogP contribution is 2.22. The van der Waals surface area contributed by atoms with Gasteiger partial charge in [-0.25, -0.2) is 9.67 Å². The SMILES string of the molecule is Clc1cccc(-c2nc3n(n2)CCCC3)c1. The van der Waals surface area contributed by atoms with E-state index in [-0.39, 0.29) is 0 Å². The van der Waals surface area contributed by atoms with Crippen molar-refractivity contribution in [3.63, 3.8) is 0 Å². The highest BCUT2D eigenvalue weighted by Gasteiger charge is 2.14. The summed E-state index contributed by atoms with van der Waals surface area (Å²) in [6.45, 7) is 0.989. The van der Waals surface area contributed by atoms with Crippen molar-refractivity contribution >= 4 is 11.6 Å². The maximum Gasteiger partial charge on any atom is 0.181 e. The summed E-state index contributed by atoms with van der Waals surface area (Å²) >= 11 is 5.96. The lowest BCUT2D eigenvalue weighted by atomic mass is 10.2. The molecule has 0 spiro atoms. The molecular weight excluding hydrogens is 222 g/mol. The average molecular weight is 234 g/mol. The molecule has 1 aromatic heterocycles. The Hall–Kier alpha value is -1.35. The van der Waals surface area contributed by atoms with Crippen LogP contribution in [0.2, 0.25) is 5.02 Å². The summed E-state index contributed by atoms with van der Waals surface area (Å²) in [5.74, 6) is 1.89. The molecular formula is C12H12ClN3. The van der Waals surface area contributed by atoms with Gasteiger partial charge in [0.2, 0.25) is 0 Å². The molecule has 2 aromatic rings. The third-order valence-corrected chi connectivity index (χ3v) is 3.09. The van der Waals surface area contributed by atoms with Crippen LogP contribution in [0.4, 0.5) is 0 Å². The number of aryl methyl sites for hydroxylation is 2. The van der Waals surface area contributed by atoms with Crippen LogP contribution < -0.4 is 0 Å². The normalized spacial score (nSPS) is 14.8. The largest absolute Gasteiger partial charge is 0.249 e. The van der Waals surface area contributed by atoms with Crippen LogP contribution in [-0.2, 0) is 13.0 Å². The maximum atomic E-state index is 5.96. The van der Waals surface area contributed by atoms with E-state index >= 15 is 0 Å². The number of nitrogens with zero attached hydrogens (tertiary/aromatic N) is 3. The van der Waals surface area contributed by atoms with E-state index in [9.17, 15) is 0 Å². The second-order valence-corrected chi connectivity index (χ2v) is 4.48. The molecule has 1 aliphatic heterocycles. The molecule has 0 saturated heterocycles. The Morgan fingerprint density at radius 2 is 2.19 bits per heavy atom. The predicted molar refractivity (Wildman–Crippen MR) is 63.4 cm³/mol. The van der Waals surface area contributed by atoms with E-state index < -0.39 is 0 Å². The van der Waals surface area contributed by atoms with E-state index in [0.717, 1.165) is 35.2 Å². The van der Waals surface area contributed by atoms with Crippen LogP contribution in [-0.4, -0.2) is 14.8 Å². The number of halogens is 1. The van der Waals surface area contributed by atoms with Gasteiger partial charge in [0.15, 0.2) is 5.82 Å². The van der Waals surface area contributed by atoms with Crippen LogP contribution in [0.3, 0.4) is 0 Å². The van der Waals surface area contributed by atoms with Crippen LogP contribution in [0.5, 0.6) is 0 Å². The molecule has 16 heavy (non-hydrogen) atoms. The maximum absolute atomic E-state index is 5.96. The Morgan fingerprint density at radius 3 is 3.00 bits per heavy atom. The van der Waals surface area contributed by atoms with E-state index in [2.05, 4.69) is 10.1 Å². The molecule has 4 heteroatoms. The Balaban J connectivity index is 2.03. The van der Waals surface area contributed by atoms with E-state index in [4.69, 9.17) is 11.6 Å². The van der Waals surface area contributed by atoms with Crippen molar-refractivity contribution in [1.29, 1.82) is 0 Å². The van der Waals surface area contributed by atoms with E-state index in [1.807, 2.05) is 28.9 Å². The minimum atomic E-state index is 0.727. The Labute approximate surface area is 99.1 Å². The van der Waals surface area contributed by atoms with E-state index in [1.54, 1.807) is 0 Å². The van der Waals surface area contributed by atoms with Crippen LogP contribution in [0.1, 0.15) is 18.7 Å². The summed E-state index contributed by atoms with van der Waals surface area (Å²) in [4.78, 5) is 4.56. The lowest BCUT2D eigenvalue weighted by molar-refractivity contribution is 0.480. The van der Waals surface area contributed by atoms with E-state index in [1.165, 1.54) is 12.8 Å². The van der Waals surface area contributed by atoms with Crippen molar-refractivity contribution in [1.82, 2.24) is 14.8 Å². The fraction of sp³-hybridized carbons (Fsp3) is 0.333. The van der Waals surface area contributed by atoms with Crippen LogP contribution in [0.15, 0.2) is 24.3 Å². The van der Waals surface area contributed by atoms with Gasteiger partial charge < -0.3 is 0 Å². The fourth-order valence-electron chi connectivity index (χ4n) is 2.03. The summed E-state index contributed by atoms with van der Waals surface area (Å²) in [6.07, 6.45) is 3.45. The predicted octanol–water partition coefficient (Wildman–Crippen LogP) is 2.93. The summed E-state index contributed by atoms with van der Waals surface area (Å²) in [5, 5.41) is 5.24. The van der Waals surface area contributed by atoms with Crippen molar-refractivity contribution in [3.8, 4) is 11.4 Å². The number of aromatic nitrogens is 3. The van der Waals surface area contributed by atoms with Crippen LogP contribution in [0.25, 0.3) is 11.4 Å². The quantitative estimate of drug-likeness (QED) is 0.758. The fourth-order valence-corrected chi connectivity index (χ4v) is 2.22. The molecule has 0 N–H and O–H groups in total. The second-order valence-electron chi connectivity index (χ2n) is 4.04. The molecule has 1 aliphatic rings. The van der Waals surface area contributed by atoms with Gasteiger partial charge in [0.1, 0.15) is 5.82 Å². The molecule has 1 aromatic carbocycles. The summed E-state index contributed by atoms with van der Waals surface area (Å²) in [5.41, 5.74) is 0.995. The second kappa shape index (κ2) is 3.91. The first kappa shape index (κ1) is 9.85. The van der Waals surface area contributed by atoms with Gasteiger partial charge in [0.25, 0.3) is 0 Å². The van der Waals surface area contributed by atoms with Crippen LogP contribution >= 0.6 is 11.6 Å². The molecule has 3 nitrogen and oxygen atoms in total. The van der Waals surface area contributed by atoms with Gasteiger partial charge in [0.05, 0.1) is 0 Å². The lowest BCUT2D eigenvalue weighted by Gasteiger charge is -2.09. The summed E-state index contributed by atoms with van der Waals surface area (Å²) in [7, 11) is 0. The molecule has 0 bridgehead atoms. The van der Waals surface area contributed by atoms with Crippen molar-refractivity contribution in [2.24, 2.45) is 0 Å². The molecule has 0 unspecified atom stereocenters. The zero-order chi connectivity index (χ0) is 11.0. The Bertz CT molecular complexity index is 495. The zero-order valence-electron chi connectivity index (χ0n) is 8.86. The molecule has 0 radical (unpaired) electrons. The Morgan fingerprint density at radius 1 is 1.25 bits per heavy atom. The number of fused-ring (bicyclic) bond motifs is 1. The molecule has 0 atom stereocenters. The number of hydrogen-bond donors (Lipinski definition) is 0. The van der Waals surface area contributed by atoms with Crippen molar-refractivity contribution < 1.29 is 0 Å². The van der Waals surface area contributed by atoms with Gasteiger partial charge in [-0.2, -0.15) is 5.10 Å². The monoisotopic (exact) mass is 233 g/mol. The first-order valence-electron chi connectivity index (χ1n) is 5.52. The molecule has 0 saturated carbocycles. The summed E-state index contributed by atoms with van der Waals surface area (Å²) < 4.78 is 2.01. The smallest absolute Gasteiger partial charge is 0.181 e. The molecule has 0 fully saturated rings. The summed E-state index contributed by atoms with van der Waals surface area (Å²) in [6, 6.07) is 7.69. The topological polar surface area (TPSA) is 30.7 Å². The van der Waals surface area contributed by atoms with Gasteiger partial charge in [-0.15, -0.1) is 0 Å².